The Balaban J connectivity index is 2.15. The minimum Gasteiger partial charge on any atom is -0.491 e. The Bertz CT molecular complexity index is 835. The molecule has 0 spiro atoms. The van der Waals surface area contributed by atoms with Crippen LogP contribution in [0.5, 0.6) is 5.75 Å². The van der Waals surface area contributed by atoms with E-state index in [9.17, 15) is 9.59 Å². The number of Topliss-reactive ketones (excluding diaryl/α,β-unsaturated/α-hetero) is 1. The maximum Gasteiger partial charge on any atom is 0.336 e. The lowest BCUT2D eigenvalue weighted by Gasteiger charge is -2.35. The second-order valence-corrected chi connectivity index (χ2v) is 7.61. The third-order valence-electron chi connectivity index (χ3n) is 5.03. The molecule has 1 aliphatic heterocycles. The molecule has 1 heterocycles. The summed E-state index contributed by atoms with van der Waals surface area (Å²) in [7, 11) is 0. The van der Waals surface area contributed by atoms with E-state index in [1.165, 1.54) is 0 Å². The van der Waals surface area contributed by atoms with Crippen molar-refractivity contribution in [2.45, 2.75) is 65.4 Å². The van der Waals surface area contributed by atoms with Crippen LogP contribution in [0.4, 0.5) is 0 Å². The molecule has 1 aromatic carbocycles. The van der Waals surface area contributed by atoms with E-state index in [0.29, 0.717) is 29.9 Å². The summed E-state index contributed by atoms with van der Waals surface area (Å²) in [5.74, 6) is -0.0564. The first-order valence-corrected chi connectivity index (χ1v) is 10.1. The second kappa shape index (κ2) is 8.63. The monoisotopic (exact) mass is 383 g/mol. The predicted octanol–water partition coefficient (Wildman–Crippen LogP) is 4.39. The highest BCUT2D eigenvalue weighted by atomic mass is 16.5. The first kappa shape index (κ1) is 20.2. The lowest BCUT2D eigenvalue weighted by atomic mass is 9.75. The fourth-order valence-corrected chi connectivity index (χ4v) is 3.92. The first-order valence-electron chi connectivity index (χ1n) is 10.1. The average molecular weight is 383 g/mol. The Morgan fingerprint density at radius 1 is 1.25 bits per heavy atom. The van der Waals surface area contributed by atoms with Crippen molar-refractivity contribution in [1.29, 1.82) is 0 Å². The average Bonchev–Trinajstić information content (AvgIpc) is 2.65. The zero-order valence-electron chi connectivity index (χ0n) is 17.1. The standard InChI is InChI=1S/C23H29NO4/c1-5-13-27-23(26)20-15(4)24-17-10-8-11-18(25)22(17)21(20)16-9-6-7-12-19(16)28-14(2)3/h6-7,9,12,14,21,24H,5,8,10-11,13H2,1-4H3/t21-/m1/s1. The molecular formula is C23H29NO4. The van der Waals surface area contributed by atoms with Gasteiger partial charge in [0.2, 0.25) is 0 Å². The summed E-state index contributed by atoms with van der Waals surface area (Å²) < 4.78 is 11.5. The topological polar surface area (TPSA) is 64.6 Å². The minimum absolute atomic E-state index is 0.0149. The summed E-state index contributed by atoms with van der Waals surface area (Å²) in [4.78, 5) is 25.9. The van der Waals surface area contributed by atoms with Crippen molar-refractivity contribution >= 4 is 11.8 Å². The van der Waals surface area contributed by atoms with Crippen LogP contribution in [-0.4, -0.2) is 24.5 Å². The maximum absolute atomic E-state index is 13.0. The van der Waals surface area contributed by atoms with Gasteiger partial charge in [0.15, 0.2) is 5.78 Å². The van der Waals surface area contributed by atoms with E-state index in [2.05, 4.69) is 5.32 Å². The Hall–Kier alpha value is -2.56. The molecular weight excluding hydrogens is 354 g/mol. The van der Waals surface area contributed by atoms with Gasteiger partial charge in [-0.1, -0.05) is 25.1 Å². The van der Waals surface area contributed by atoms with Crippen LogP contribution in [0.1, 0.15) is 64.9 Å². The van der Waals surface area contributed by atoms with E-state index in [0.717, 1.165) is 36.2 Å². The van der Waals surface area contributed by atoms with E-state index in [4.69, 9.17) is 9.47 Å². The normalized spacial score (nSPS) is 19.5. The van der Waals surface area contributed by atoms with Crippen molar-refractivity contribution < 1.29 is 19.1 Å². The molecule has 1 N–H and O–H groups in total. The summed E-state index contributed by atoms with van der Waals surface area (Å²) in [6, 6.07) is 7.67. The Morgan fingerprint density at radius 3 is 2.71 bits per heavy atom. The van der Waals surface area contributed by atoms with Crippen LogP contribution in [0.15, 0.2) is 46.8 Å². The van der Waals surface area contributed by atoms with Gasteiger partial charge in [0.05, 0.1) is 24.2 Å². The molecule has 0 fully saturated rings. The molecule has 1 aromatic rings. The molecule has 3 rings (SSSR count). The number of hydrogen-bond donors (Lipinski definition) is 1. The number of allylic oxidation sites excluding steroid dienone is 3. The van der Waals surface area contributed by atoms with Gasteiger partial charge in [0.25, 0.3) is 0 Å². The number of para-hydroxylation sites is 1. The first-order chi connectivity index (χ1) is 13.4. The van der Waals surface area contributed by atoms with Gasteiger partial charge in [0.1, 0.15) is 5.75 Å². The number of nitrogens with one attached hydrogen (secondary N) is 1. The lowest BCUT2D eigenvalue weighted by Crippen LogP contribution is -2.34. The highest BCUT2D eigenvalue weighted by Crippen LogP contribution is 2.45. The molecule has 0 amide bonds. The number of dihydropyridines is 1. The van der Waals surface area contributed by atoms with Gasteiger partial charge in [0, 0.05) is 29.0 Å². The van der Waals surface area contributed by atoms with E-state index >= 15 is 0 Å². The molecule has 0 saturated carbocycles. The molecule has 5 nitrogen and oxygen atoms in total. The second-order valence-electron chi connectivity index (χ2n) is 7.61. The maximum atomic E-state index is 13.0. The van der Waals surface area contributed by atoms with Gasteiger partial charge < -0.3 is 14.8 Å². The summed E-state index contributed by atoms with van der Waals surface area (Å²) in [6.45, 7) is 8.12. The molecule has 28 heavy (non-hydrogen) atoms. The number of carbonyl (C=O) groups is 2. The van der Waals surface area contributed by atoms with Crippen molar-refractivity contribution in [2.75, 3.05) is 6.61 Å². The van der Waals surface area contributed by atoms with Crippen molar-refractivity contribution in [1.82, 2.24) is 5.32 Å². The van der Waals surface area contributed by atoms with Gasteiger partial charge in [-0.25, -0.2) is 4.79 Å². The Morgan fingerprint density at radius 2 is 2.00 bits per heavy atom. The molecule has 0 bridgehead atoms. The van der Waals surface area contributed by atoms with E-state index < -0.39 is 5.92 Å². The van der Waals surface area contributed by atoms with Crippen LogP contribution >= 0.6 is 0 Å². The summed E-state index contributed by atoms with van der Waals surface area (Å²) in [5, 5.41) is 3.31. The molecule has 1 aliphatic carbocycles. The van der Waals surface area contributed by atoms with Crippen LogP contribution in [0.2, 0.25) is 0 Å². The van der Waals surface area contributed by atoms with E-state index in [1.54, 1.807) is 0 Å². The van der Waals surface area contributed by atoms with Gasteiger partial charge in [-0.2, -0.15) is 0 Å². The zero-order valence-corrected chi connectivity index (χ0v) is 17.1. The minimum atomic E-state index is -0.469. The smallest absolute Gasteiger partial charge is 0.336 e. The largest absolute Gasteiger partial charge is 0.491 e. The number of carbonyl (C=O) groups excluding carboxylic acids is 2. The van der Waals surface area contributed by atoms with Crippen LogP contribution < -0.4 is 10.1 Å². The molecule has 0 unspecified atom stereocenters. The van der Waals surface area contributed by atoms with Crippen LogP contribution in [-0.2, 0) is 14.3 Å². The summed E-state index contributed by atoms with van der Waals surface area (Å²) in [6.07, 6.45) is 2.86. The molecule has 0 radical (unpaired) electrons. The fraction of sp³-hybridized carbons (Fsp3) is 0.478. The predicted molar refractivity (Wildman–Crippen MR) is 108 cm³/mol. The molecule has 150 valence electrons. The van der Waals surface area contributed by atoms with Gasteiger partial charge >= 0.3 is 5.97 Å². The fourth-order valence-electron chi connectivity index (χ4n) is 3.92. The SMILES string of the molecule is CCCOC(=O)C1=C(C)NC2=C(C(=O)CCC2)[C@@H]1c1ccccc1OC(C)C. The highest BCUT2D eigenvalue weighted by molar-refractivity contribution is 6.04. The summed E-state index contributed by atoms with van der Waals surface area (Å²) in [5.41, 5.74) is 3.69. The Kier molecular flexibility index (Phi) is 6.22. The van der Waals surface area contributed by atoms with Crippen molar-refractivity contribution in [3.05, 3.63) is 52.4 Å². The summed E-state index contributed by atoms with van der Waals surface area (Å²) >= 11 is 0. The number of hydrogen-bond acceptors (Lipinski definition) is 5. The van der Waals surface area contributed by atoms with Crippen LogP contribution in [0, 0.1) is 0 Å². The Labute approximate surface area is 166 Å². The van der Waals surface area contributed by atoms with Gasteiger partial charge in [-0.05, 0) is 46.1 Å². The lowest BCUT2D eigenvalue weighted by molar-refractivity contribution is -0.139. The number of rotatable bonds is 6. The highest BCUT2D eigenvalue weighted by Gasteiger charge is 2.40. The van der Waals surface area contributed by atoms with Crippen molar-refractivity contribution in [3.63, 3.8) is 0 Å². The number of ketones is 1. The van der Waals surface area contributed by atoms with Crippen LogP contribution in [0.3, 0.4) is 0 Å². The number of ether oxygens (including phenoxy) is 2. The third kappa shape index (κ3) is 3.98. The van der Waals surface area contributed by atoms with Gasteiger partial charge in [-0.3, -0.25) is 4.79 Å². The molecule has 2 aliphatic rings. The quantitative estimate of drug-likeness (QED) is 0.738. The molecule has 1 atom stereocenters. The zero-order chi connectivity index (χ0) is 20.3. The number of benzene rings is 1. The number of esters is 1. The molecule has 5 heteroatoms. The van der Waals surface area contributed by atoms with Crippen molar-refractivity contribution in [2.24, 2.45) is 0 Å². The van der Waals surface area contributed by atoms with Crippen LogP contribution in [0.25, 0.3) is 0 Å². The molecule has 0 saturated heterocycles. The third-order valence-corrected chi connectivity index (χ3v) is 5.03. The molecule has 0 aromatic heterocycles. The van der Waals surface area contributed by atoms with Gasteiger partial charge in [-0.15, -0.1) is 0 Å². The van der Waals surface area contributed by atoms with Crippen molar-refractivity contribution in [3.8, 4) is 5.75 Å². The van der Waals surface area contributed by atoms with E-state index in [1.807, 2.05) is 52.0 Å². The van der Waals surface area contributed by atoms with E-state index in [-0.39, 0.29) is 17.9 Å².